The van der Waals surface area contributed by atoms with Crippen molar-refractivity contribution in [1.29, 1.82) is 5.26 Å². The number of carbonyl (C=O) groups excluding carboxylic acids is 2. The fraction of sp³-hybridized carbons (Fsp3) is 0.227. The molecule has 0 aromatic heterocycles. The quantitative estimate of drug-likeness (QED) is 0.583. The molecule has 0 bridgehead atoms. The molecule has 0 spiro atoms. The highest BCUT2D eigenvalue weighted by molar-refractivity contribution is 8.03. The highest BCUT2D eigenvalue weighted by Gasteiger charge is 2.31. The average molecular weight is 496 g/mol. The Morgan fingerprint density at radius 3 is 2.73 bits per heavy atom. The molecule has 0 radical (unpaired) electrons. The van der Waals surface area contributed by atoms with E-state index in [9.17, 15) is 28.0 Å². The molecule has 2 aromatic carbocycles. The van der Waals surface area contributed by atoms with Gasteiger partial charge in [-0.15, -0.1) is 0 Å². The summed E-state index contributed by atoms with van der Waals surface area (Å²) in [6.07, 6.45) is -4.51. The Kier molecular flexibility index (Phi) is 7.56. The molecule has 0 saturated carbocycles. The standard InChI is InChI=1S/C22H17ClF3N3O3S/c1-32-18-6-5-12(7-17(18)23)15-9-19(30)29-21(16(15)10-27)33-11-20(31)28-14-4-2-3-13(8-14)22(24,25)26/h2-8,15H,9,11H2,1H3,(H,28,31)(H,29,30)/t15-/m1/s1. The topological polar surface area (TPSA) is 91.2 Å². The molecule has 33 heavy (non-hydrogen) atoms. The molecule has 3 rings (SSSR count). The second kappa shape index (κ2) is 10.2. The maximum Gasteiger partial charge on any atom is 0.416 e. The van der Waals surface area contributed by atoms with Crippen LogP contribution in [-0.2, 0) is 15.8 Å². The van der Waals surface area contributed by atoms with Gasteiger partial charge in [-0.1, -0.05) is 35.5 Å². The van der Waals surface area contributed by atoms with Crippen LogP contribution < -0.4 is 15.4 Å². The molecule has 1 heterocycles. The lowest BCUT2D eigenvalue weighted by atomic mass is 9.87. The van der Waals surface area contributed by atoms with Gasteiger partial charge >= 0.3 is 6.18 Å². The molecule has 0 aliphatic carbocycles. The number of amides is 2. The molecule has 0 unspecified atom stereocenters. The monoisotopic (exact) mass is 495 g/mol. The van der Waals surface area contributed by atoms with Gasteiger partial charge in [0.1, 0.15) is 5.75 Å². The lowest BCUT2D eigenvalue weighted by molar-refractivity contribution is -0.137. The number of rotatable bonds is 6. The summed E-state index contributed by atoms with van der Waals surface area (Å²) in [5.41, 5.74) is -0.00210. The Morgan fingerprint density at radius 2 is 2.09 bits per heavy atom. The minimum Gasteiger partial charge on any atom is -0.495 e. The van der Waals surface area contributed by atoms with Crippen LogP contribution in [0.25, 0.3) is 0 Å². The third-order valence-corrected chi connectivity index (χ3v) is 6.07. The third kappa shape index (κ3) is 6.00. The first-order valence-corrected chi connectivity index (χ1v) is 10.9. The van der Waals surface area contributed by atoms with Crippen LogP contribution in [0.3, 0.4) is 0 Å². The predicted molar refractivity (Wildman–Crippen MR) is 119 cm³/mol. The molecule has 2 amide bonds. The maximum absolute atomic E-state index is 12.8. The van der Waals surface area contributed by atoms with Crippen molar-refractivity contribution in [2.75, 3.05) is 18.2 Å². The number of nitrogens with one attached hydrogen (secondary N) is 2. The second-order valence-corrected chi connectivity index (χ2v) is 8.36. The Bertz CT molecular complexity index is 1160. The van der Waals surface area contributed by atoms with Crippen LogP contribution in [0.1, 0.15) is 23.5 Å². The Hall–Kier alpha value is -3.16. The number of thioether (sulfide) groups is 1. The van der Waals surface area contributed by atoms with Gasteiger partial charge in [-0.2, -0.15) is 18.4 Å². The number of allylic oxidation sites excluding steroid dienone is 1. The van der Waals surface area contributed by atoms with Crippen LogP contribution in [0.2, 0.25) is 5.02 Å². The van der Waals surface area contributed by atoms with Gasteiger partial charge in [-0.3, -0.25) is 9.59 Å². The average Bonchev–Trinajstić information content (AvgIpc) is 2.76. The van der Waals surface area contributed by atoms with Crippen molar-refractivity contribution in [2.45, 2.75) is 18.5 Å². The summed E-state index contributed by atoms with van der Waals surface area (Å²) >= 11 is 7.09. The van der Waals surface area contributed by atoms with E-state index in [4.69, 9.17) is 16.3 Å². The molecular weight excluding hydrogens is 479 g/mol. The van der Waals surface area contributed by atoms with Crippen LogP contribution in [0.5, 0.6) is 5.75 Å². The fourth-order valence-corrected chi connectivity index (χ4v) is 4.37. The highest BCUT2D eigenvalue weighted by Crippen LogP contribution is 2.38. The normalized spacial score (nSPS) is 16.1. The number of halogens is 4. The number of hydrogen-bond acceptors (Lipinski definition) is 5. The number of carbonyl (C=O) groups is 2. The van der Waals surface area contributed by atoms with Gasteiger partial charge in [0.25, 0.3) is 0 Å². The lowest BCUT2D eigenvalue weighted by Crippen LogP contribution is -2.31. The van der Waals surface area contributed by atoms with E-state index in [1.807, 2.05) is 0 Å². The van der Waals surface area contributed by atoms with Crippen LogP contribution >= 0.6 is 23.4 Å². The summed E-state index contributed by atoms with van der Waals surface area (Å²) in [6.45, 7) is 0. The van der Waals surface area contributed by atoms with Gasteiger partial charge in [-0.05, 0) is 35.9 Å². The van der Waals surface area contributed by atoms with E-state index in [0.29, 0.717) is 16.3 Å². The summed E-state index contributed by atoms with van der Waals surface area (Å²) in [5.74, 6) is -1.28. The SMILES string of the molecule is COc1ccc([C@H]2CC(=O)NC(SCC(=O)Nc3cccc(C(F)(F)F)c3)=C2C#N)cc1Cl. The minimum atomic E-state index is -4.53. The van der Waals surface area contributed by atoms with E-state index in [2.05, 4.69) is 16.7 Å². The first kappa shape index (κ1) is 24.5. The zero-order valence-corrected chi connectivity index (χ0v) is 18.7. The number of methoxy groups -OCH3 is 1. The van der Waals surface area contributed by atoms with Crippen LogP contribution in [0.4, 0.5) is 18.9 Å². The van der Waals surface area contributed by atoms with Gasteiger partial charge in [0.05, 0.1) is 40.1 Å². The largest absolute Gasteiger partial charge is 0.495 e. The number of ether oxygens (including phenoxy) is 1. The number of alkyl halides is 3. The summed E-state index contributed by atoms with van der Waals surface area (Å²) in [5, 5.41) is 15.2. The van der Waals surface area contributed by atoms with Crippen LogP contribution in [-0.4, -0.2) is 24.7 Å². The summed E-state index contributed by atoms with van der Waals surface area (Å²) in [6, 6.07) is 11.3. The van der Waals surface area contributed by atoms with Crippen molar-refractivity contribution in [3.05, 3.63) is 69.2 Å². The van der Waals surface area contributed by atoms with Gasteiger partial charge in [-0.25, -0.2) is 0 Å². The van der Waals surface area contributed by atoms with E-state index in [-0.39, 0.29) is 34.4 Å². The molecule has 0 fully saturated rings. The Balaban J connectivity index is 1.76. The molecule has 11 heteroatoms. The fourth-order valence-electron chi connectivity index (χ4n) is 3.23. The molecule has 1 aliphatic heterocycles. The maximum atomic E-state index is 12.8. The molecule has 2 N–H and O–H groups in total. The van der Waals surface area contributed by atoms with E-state index in [0.717, 1.165) is 23.9 Å². The van der Waals surface area contributed by atoms with Gasteiger partial charge < -0.3 is 15.4 Å². The molecule has 1 aliphatic rings. The number of anilines is 1. The highest BCUT2D eigenvalue weighted by atomic mass is 35.5. The van der Waals surface area contributed by atoms with Gasteiger partial charge in [0, 0.05) is 18.0 Å². The van der Waals surface area contributed by atoms with Gasteiger partial charge in [0.2, 0.25) is 11.8 Å². The van der Waals surface area contributed by atoms with Gasteiger partial charge in [0.15, 0.2) is 0 Å². The van der Waals surface area contributed by atoms with Crippen molar-refractivity contribution in [1.82, 2.24) is 5.32 Å². The minimum absolute atomic E-state index is 0.0108. The zero-order valence-electron chi connectivity index (χ0n) is 17.1. The third-order valence-electron chi connectivity index (χ3n) is 4.76. The first-order valence-electron chi connectivity index (χ1n) is 9.50. The van der Waals surface area contributed by atoms with E-state index in [1.54, 1.807) is 18.2 Å². The molecule has 172 valence electrons. The lowest BCUT2D eigenvalue weighted by Gasteiger charge is -2.25. The van der Waals surface area contributed by atoms with E-state index in [1.165, 1.54) is 19.2 Å². The van der Waals surface area contributed by atoms with Crippen LogP contribution in [0.15, 0.2) is 53.1 Å². The molecule has 2 aromatic rings. The Labute approximate surface area is 196 Å². The molecule has 1 atom stereocenters. The summed E-state index contributed by atoms with van der Waals surface area (Å²) in [7, 11) is 1.47. The smallest absolute Gasteiger partial charge is 0.416 e. The zero-order chi connectivity index (χ0) is 24.2. The first-order chi connectivity index (χ1) is 15.6. The molecule has 0 saturated heterocycles. The molecule has 6 nitrogen and oxygen atoms in total. The molecular formula is C22H17ClF3N3O3S. The summed E-state index contributed by atoms with van der Waals surface area (Å²) < 4.78 is 43.7. The number of nitriles is 1. The van der Waals surface area contributed by atoms with E-state index < -0.39 is 23.6 Å². The van der Waals surface area contributed by atoms with Crippen molar-refractivity contribution in [3.8, 4) is 11.8 Å². The van der Waals surface area contributed by atoms with Crippen molar-refractivity contribution in [3.63, 3.8) is 0 Å². The summed E-state index contributed by atoms with van der Waals surface area (Å²) in [4.78, 5) is 24.6. The van der Waals surface area contributed by atoms with Crippen LogP contribution in [0, 0.1) is 11.3 Å². The van der Waals surface area contributed by atoms with E-state index >= 15 is 0 Å². The van der Waals surface area contributed by atoms with Crippen molar-refractivity contribution >= 4 is 40.9 Å². The predicted octanol–water partition coefficient (Wildman–Crippen LogP) is 5.08. The second-order valence-electron chi connectivity index (χ2n) is 6.97. The van der Waals surface area contributed by atoms with Crippen molar-refractivity contribution in [2.24, 2.45) is 0 Å². The number of hydrogen-bond donors (Lipinski definition) is 2. The van der Waals surface area contributed by atoms with Crippen molar-refractivity contribution < 1.29 is 27.5 Å². The number of nitrogens with zero attached hydrogens (tertiary/aromatic N) is 1. The Morgan fingerprint density at radius 1 is 1.33 bits per heavy atom. The number of benzene rings is 2.